The number of ether oxygens (including phenoxy) is 8. The topological polar surface area (TPSA) is 94.1 Å². The number of rotatable bonds is 25. The summed E-state index contributed by atoms with van der Waals surface area (Å²) < 4.78 is 42.4. The van der Waals surface area contributed by atoms with Crippen molar-refractivity contribution in [2.75, 3.05) is 112 Å². The van der Waals surface area contributed by atoms with Gasteiger partial charge in [-0.3, -0.25) is 0 Å². The first kappa shape index (κ1) is 27.4. The molecule has 0 saturated carbocycles. The normalized spacial score (nSPS) is 11.2. The summed E-state index contributed by atoms with van der Waals surface area (Å²) in [4.78, 5) is 0. The van der Waals surface area contributed by atoms with E-state index in [9.17, 15) is 0 Å². The zero-order valence-corrected chi connectivity index (χ0v) is 17.0. The third kappa shape index (κ3) is 25.4. The van der Waals surface area contributed by atoms with Crippen LogP contribution in [0.25, 0.3) is 0 Å². The van der Waals surface area contributed by atoms with Crippen molar-refractivity contribution in [3.8, 4) is 0 Å². The maximum absolute atomic E-state index is 8.52. The van der Waals surface area contributed by atoms with Gasteiger partial charge in [0, 0.05) is 0 Å². The van der Waals surface area contributed by atoms with Crippen molar-refractivity contribution in [2.24, 2.45) is 0 Å². The second-order valence-electron chi connectivity index (χ2n) is 5.37. The Balaban J connectivity index is 2.97. The van der Waals surface area contributed by atoms with E-state index < -0.39 is 0 Å². The standard InChI is InChI=1S/C19H38O9/c1-2-4-21-6-8-23-10-12-25-14-16-27-18-19-28-17-15-26-13-11-24-9-7-22-5-3-20/h2,20H,1,3-19H2. The molecule has 0 rings (SSSR count). The molecule has 0 aromatic rings. The zero-order chi connectivity index (χ0) is 20.4. The Labute approximate surface area is 168 Å². The van der Waals surface area contributed by atoms with Crippen LogP contribution < -0.4 is 0 Å². The molecule has 1 N–H and O–H groups in total. The maximum Gasteiger partial charge on any atom is 0.0704 e. The van der Waals surface area contributed by atoms with E-state index in [2.05, 4.69) is 6.58 Å². The molecular formula is C19H38O9. The smallest absolute Gasteiger partial charge is 0.0704 e. The van der Waals surface area contributed by atoms with Crippen molar-refractivity contribution in [1.29, 1.82) is 0 Å². The van der Waals surface area contributed by atoms with E-state index in [0.29, 0.717) is 106 Å². The van der Waals surface area contributed by atoms with Crippen LogP contribution in [0.4, 0.5) is 0 Å². The molecule has 0 aliphatic carbocycles. The van der Waals surface area contributed by atoms with Gasteiger partial charge in [0.1, 0.15) is 0 Å². The summed E-state index contributed by atoms with van der Waals surface area (Å²) in [6.07, 6.45) is 1.71. The number of hydrogen-bond acceptors (Lipinski definition) is 9. The molecule has 0 unspecified atom stereocenters. The van der Waals surface area contributed by atoms with E-state index in [1.807, 2.05) is 0 Å². The van der Waals surface area contributed by atoms with Crippen LogP contribution in [0.15, 0.2) is 12.7 Å². The average Bonchev–Trinajstić information content (AvgIpc) is 2.71. The molecule has 0 amide bonds. The molecule has 0 saturated heterocycles. The van der Waals surface area contributed by atoms with Crippen LogP contribution in [0.3, 0.4) is 0 Å². The molecule has 0 aliphatic heterocycles. The van der Waals surface area contributed by atoms with Crippen LogP contribution in [0.5, 0.6) is 0 Å². The molecule has 0 aromatic carbocycles. The summed E-state index contributed by atoms with van der Waals surface area (Å²) in [5.41, 5.74) is 0. The van der Waals surface area contributed by atoms with E-state index in [-0.39, 0.29) is 6.61 Å². The van der Waals surface area contributed by atoms with E-state index in [4.69, 9.17) is 43.0 Å². The van der Waals surface area contributed by atoms with Gasteiger partial charge in [0.2, 0.25) is 0 Å². The van der Waals surface area contributed by atoms with Crippen molar-refractivity contribution in [1.82, 2.24) is 0 Å². The largest absolute Gasteiger partial charge is 0.394 e. The molecule has 0 heterocycles. The zero-order valence-electron chi connectivity index (χ0n) is 17.0. The van der Waals surface area contributed by atoms with Crippen LogP contribution in [-0.2, 0) is 37.9 Å². The van der Waals surface area contributed by atoms with Gasteiger partial charge in [0.25, 0.3) is 0 Å². The second-order valence-corrected chi connectivity index (χ2v) is 5.37. The first-order chi connectivity index (χ1) is 13.9. The molecule has 9 heteroatoms. The molecule has 0 spiro atoms. The minimum absolute atomic E-state index is 0.0328. The minimum Gasteiger partial charge on any atom is -0.394 e. The summed E-state index contributed by atoms with van der Waals surface area (Å²) >= 11 is 0. The van der Waals surface area contributed by atoms with Gasteiger partial charge in [0.05, 0.1) is 112 Å². The summed E-state index contributed by atoms with van der Waals surface area (Å²) in [7, 11) is 0. The minimum atomic E-state index is 0.0328. The van der Waals surface area contributed by atoms with E-state index in [1.54, 1.807) is 6.08 Å². The summed E-state index contributed by atoms with van der Waals surface area (Å²) in [6, 6.07) is 0. The Hall–Kier alpha value is -0.620. The van der Waals surface area contributed by atoms with Gasteiger partial charge in [-0.05, 0) is 0 Å². The molecule has 0 atom stereocenters. The Kier molecular flexibility index (Phi) is 25.8. The van der Waals surface area contributed by atoms with Gasteiger partial charge in [-0.25, -0.2) is 0 Å². The number of hydrogen-bond donors (Lipinski definition) is 1. The predicted molar refractivity (Wildman–Crippen MR) is 104 cm³/mol. The van der Waals surface area contributed by atoms with Gasteiger partial charge in [-0.2, -0.15) is 0 Å². The fourth-order valence-corrected chi connectivity index (χ4v) is 1.77. The maximum atomic E-state index is 8.52. The highest BCUT2D eigenvalue weighted by molar-refractivity contribution is 4.63. The fourth-order valence-electron chi connectivity index (χ4n) is 1.77. The summed E-state index contributed by atoms with van der Waals surface area (Å²) in [6.45, 7) is 11.9. The number of aliphatic hydroxyl groups excluding tert-OH is 1. The second kappa shape index (κ2) is 26.4. The lowest BCUT2D eigenvalue weighted by atomic mass is 10.6. The van der Waals surface area contributed by atoms with Crippen LogP contribution in [0.1, 0.15) is 0 Å². The van der Waals surface area contributed by atoms with Crippen LogP contribution >= 0.6 is 0 Å². The molecule has 0 aromatic heterocycles. The molecule has 9 nitrogen and oxygen atoms in total. The first-order valence-electron chi connectivity index (χ1n) is 9.75. The predicted octanol–water partition coefficient (Wildman–Crippen LogP) is 0.298. The highest BCUT2D eigenvalue weighted by atomic mass is 16.6. The summed E-state index contributed by atoms with van der Waals surface area (Å²) in [5.74, 6) is 0. The molecule has 0 fully saturated rings. The van der Waals surface area contributed by atoms with Gasteiger partial charge < -0.3 is 43.0 Å². The molecular weight excluding hydrogens is 372 g/mol. The Morgan fingerprint density at radius 3 is 0.929 bits per heavy atom. The third-order valence-electron chi connectivity index (χ3n) is 3.08. The number of aliphatic hydroxyl groups is 1. The molecule has 0 aliphatic rings. The van der Waals surface area contributed by atoms with Gasteiger partial charge in [0.15, 0.2) is 0 Å². The SMILES string of the molecule is C=CCOCCOCCOCCOCCOCCOCCOCCOCCO. The first-order valence-corrected chi connectivity index (χ1v) is 9.75. The van der Waals surface area contributed by atoms with Gasteiger partial charge in [-0.1, -0.05) is 6.08 Å². The highest BCUT2D eigenvalue weighted by Crippen LogP contribution is 1.85. The fraction of sp³-hybridized carbons (Fsp3) is 0.895. The van der Waals surface area contributed by atoms with Crippen LogP contribution in [0.2, 0.25) is 0 Å². The third-order valence-corrected chi connectivity index (χ3v) is 3.08. The quantitative estimate of drug-likeness (QED) is 0.168. The lowest BCUT2D eigenvalue weighted by Crippen LogP contribution is -2.15. The average molecular weight is 411 g/mol. The summed E-state index contributed by atoms with van der Waals surface area (Å²) in [5, 5.41) is 8.52. The van der Waals surface area contributed by atoms with Crippen molar-refractivity contribution >= 4 is 0 Å². The van der Waals surface area contributed by atoms with Crippen molar-refractivity contribution < 1.29 is 43.0 Å². The molecule has 28 heavy (non-hydrogen) atoms. The van der Waals surface area contributed by atoms with Crippen LogP contribution in [0, 0.1) is 0 Å². The van der Waals surface area contributed by atoms with Gasteiger partial charge >= 0.3 is 0 Å². The van der Waals surface area contributed by atoms with Crippen molar-refractivity contribution in [2.45, 2.75) is 0 Å². The van der Waals surface area contributed by atoms with E-state index >= 15 is 0 Å². The van der Waals surface area contributed by atoms with Crippen molar-refractivity contribution in [3.63, 3.8) is 0 Å². The van der Waals surface area contributed by atoms with E-state index in [0.717, 1.165) is 0 Å². The lowest BCUT2D eigenvalue weighted by Gasteiger charge is -2.08. The Morgan fingerprint density at radius 1 is 0.429 bits per heavy atom. The van der Waals surface area contributed by atoms with Crippen LogP contribution in [-0.4, -0.2) is 117 Å². The highest BCUT2D eigenvalue weighted by Gasteiger charge is 1.94. The molecule has 168 valence electrons. The lowest BCUT2D eigenvalue weighted by molar-refractivity contribution is -0.0233. The van der Waals surface area contributed by atoms with Crippen molar-refractivity contribution in [3.05, 3.63) is 12.7 Å². The molecule has 0 radical (unpaired) electrons. The Morgan fingerprint density at radius 2 is 0.679 bits per heavy atom. The monoisotopic (exact) mass is 410 g/mol. The van der Waals surface area contributed by atoms with Gasteiger partial charge in [-0.15, -0.1) is 6.58 Å². The van der Waals surface area contributed by atoms with E-state index in [1.165, 1.54) is 0 Å². The molecule has 0 bridgehead atoms. The Bertz CT molecular complexity index is 293.